The van der Waals surface area contributed by atoms with E-state index in [-0.39, 0.29) is 5.69 Å². The predicted molar refractivity (Wildman–Crippen MR) is 73.6 cm³/mol. The van der Waals surface area contributed by atoms with Crippen LogP contribution in [0.2, 0.25) is 0 Å². The maximum absolute atomic E-state index is 10.3. The van der Waals surface area contributed by atoms with Crippen molar-refractivity contribution >= 4 is 16.7 Å². The van der Waals surface area contributed by atoms with Crippen LogP contribution in [0.15, 0.2) is 24.5 Å². The first-order chi connectivity index (χ1) is 8.77. The Kier molecular flexibility index (Phi) is 11.8. The molecule has 6 nitrogen and oxygen atoms in total. The lowest BCUT2D eigenvalue weighted by Gasteiger charge is -1.89. The van der Waals surface area contributed by atoms with E-state index in [0.29, 0.717) is 5.52 Å². The van der Waals surface area contributed by atoms with Crippen LogP contribution in [-0.2, 0) is 0 Å². The van der Waals surface area contributed by atoms with Crippen molar-refractivity contribution in [2.45, 2.75) is 27.7 Å². The molecule has 0 spiro atoms. The molecular weight excluding hydrogens is 234 g/mol. The molecule has 0 saturated heterocycles. The van der Waals surface area contributed by atoms with Crippen molar-refractivity contribution in [3.05, 3.63) is 34.6 Å². The van der Waals surface area contributed by atoms with Crippen LogP contribution in [0.3, 0.4) is 0 Å². The van der Waals surface area contributed by atoms with Crippen LogP contribution >= 0.6 is 0 Å². The van der Waals surface area contributed by atoms with E-state index in [9.17, 15) is 10.1 Å². The summed E-state index contributed by atoms with van der Waals surface area (Å²) in [5.41, 5.74) is 1.50. The highest BCUT2D eigenvalue weighted by Crippen LogP contribution is 2.16. The smallest absolute Gasteiger partial charge is 0.271 e. The van der Waals surface area contributed by atoms with E-state index in [1.807, 2.05) is 27.7 Å². The number of hydrogen-bond donors (Lipinski definition) is 2. The number of nitrogens with one attached hydrogen (secondary N) is 1. The van der Waals surface area contributed by atoms with Gasteiger partial charge in [0.2, 0.25) is 0 Å². The number of imidazole rings is 1. The van der Waals surface area contributed by atoms with Gasteiger partial charge in [0.15, 0.2) is 0 Å². The highest BCUT2D eigenvalue weighted by molar-refractivity contribution is 5.76. The molecule has 0 fully saturated rings. The molecule has 0 aliphatic rings. The molecule has 102 valence electrons. The van der Waals surface area contributed by atoms with Crippen molar-refractivity contribution in [3.8, 4) is 0 Å². The molecule has 2 rings (SSSR count). The molecule has 1 aromatic heterocycles. The number of nitrogens with zero attached hydrogens (tertiary/aromatic N) is 2. The van der Waals surface area contributed by atoms with Crippen molar-refractivity contribution in [2.75, 3.05) is 7.11 Å². The third kappa shape index (κ3) is 5.40. The number of benzene rings is 1. The van der Waals surface area contributed by atoms with Gasteiger partial charge >= 0.3 is 0 Å². The molecule has 1 aromatic carbocycles. The summed E-state index contributed by atoms with van der Waals surface area (Å²) in [5.74, 6) is 0. The van der Waals surface area contributed by atoms with Gasteiger partial charge in [-0.25, -0.2) is 4.98 Å². The normalized spacial score (nSPS) is 7.89. The van der Waals surface area contributed by atoms with E-state index in [2.05, 4.69) is 9.97 Å². The lowest BCUT2D eigenvalue weighted by Crippen LogP contribution is -1.86. The number of H-pyrrole nitrogens is 1. The predicted octanol–water partition coefficient (Wildman–Crippen LogP) is 3.13. The van der Waals surface area contributed by atoms with E-state index in [0.717, 1.165) is 12.6 Å². The quantitative estimate of drug-likeness (QED) is 0.604. The van der Waals surface area contributed by atoms with Gasteiger partial charge in [-0.05, 0) is 6.07 Å². The molecular formula is C12H21N3O3. The highest BCUT2D eigenvalue weighted by Gasteiger charge is 2.05. The summed E-state index contributed by atoms with van der Waals surface area (Å²) in [6, 6.07) is 4.51. The summed E-state index contributed by atoms with van der Waals surface area (Å²) in [4.78, 5) is 16.6. The van der Waals surface area contributed by atoms with Crippen LogP contribution < -0.4 is 0 Å². The fraction of sp³-hybridized carbons (Fsp3) is 0.417. The zero-order valence-electron chi connectivity index (χ0n) is 11.5. The minimum absolute atomic E-state index is 0.0757. The van der Waals surface area contributed by atoms with Crippen LogP contribution in [0, 0.1) is 10.1 Å². The van der Waals surface area contributed by atoms with Gasteiger partial charge in [-0.1, -0.05) is 27.7 Å². The zero-order chi connectivity index (χ0) is 14.6. The van der Waals surface area contributed by atoms with Crippen LogP contribution in [0.4, 0.5) is 5.69 Å². The van der Waals surface area contributed by atoms with Crippen LogP contribution in [0.1, 0.15) is 27.7 Å². The molecule has 0 unspecified atom stereocenters. The van der Waals surface area contributed by atoms with Gasteiger partial charge in [0.05, 0.1) is 22.3 Å². The summed E-state index contributed by atoms with van der Waals surface area (Å²) >= 11 is 0. The molecule has 1 heterocycles. The van der Waals surface area contributed by atoms with Gasteiger partial charge in [-0.3, -0.25) is 10.1 Å². The molecule has 0 aliphatic heterocycles. The summed E-state index contributed by atoms with van der Waals surface area (Å²) in [6.07, 6.45) is 1.51. The maximum Gasteiger partial charge on any atom is 0.271 e. The molecule has 0 bridgehead atoms. The highest BCUT2D eigenvalue weighted by atomic mass is 16.6. The molecule has 2 N–H and O–H groups in total. The second kappa shape index (κ2) is 11.5. The molecule has 0 aliphatic carbocycles. The average molecular weight is 255 g/mol. The number of non-ortho nitro benzene ring substituents is 1. The Balaban J connectivity index is 0. The Labute approximate surface area is 107 Å². The minimum Gasteiger partial charge on any atom is -0.400 e. The van der Waals surface area contributed by atoms with Gasteiger partial charge in [-0.2, -0.15) is 0 Å². The van der Waals surface area contributed by atoms with E-state index in [1.165, 1.54) is 18.5 Å². The molecule has 18 heavy (non-hydrogen) atoms. The molecule has 6 heteroatoms. The van der Waals surface area contributed by atoms with Gasteiger partial charge in [0, 0.05) is 19.2 Å². The van der Waals surface area contributed by atoms with E-state index >= 15 is 0 Å². The number of nitro benzene ring substituents is 1. The Morgan fingerprint density at radius 3 is 2.28 bits per heavy atom. The van der Waals surface area contributed by atoms with Gasteiger partial charge < -0.3 is 10.1 Å². The Bertz CT molecular complexity index is 441. The second-order valence-corrected chi connectivity index (χ2v) is 2.36. The van der Waals surface area contributed by atoms with Crippen molar-refractivity contribution in [1.29, 1.82) is 0 Å². The first-order valence-corrected chi connectivity index (χ1v) is 5.79. The Hall–Kier alpha value is -1.95. The zero-order valence-corrected chi connectivity index (χ0v) is 11.5. The first kappa shape index (κ1) is 18.4. The lowest BCUT2D eigenvalue weighted by atomic mass is 10.3. The van der Waals surface area contributed by atoms with E-state index < -0.39 is 4.92 Å². The van der Waals surface area contributed by atoms with Crippen molar-refractivity contribution in [1.82, 2.24) is 9.97 Å². The monoisotopic (exact) mass is 255 g/mol. The molecule has 0 saturated carbocycles. The largest absolute Gasteiger partial charge is 0.400 e. The number of fused-ring (bicyclic) bond motifs is 1. The standard InChI is InChI=1S/C7H5N3O2.2C2H6.CH4O/c11-10(12)5-1-2-6-7(3-5)9-4-8-6;3*1-2/h1-4H,(H,8,9);2*1-2H3;2H,1H3. The molecule has 0 radical (unpaired) electrons. The Morgan fingerprint density at radius 2 is 1.78 bits per heavy atom. The Morgan fingerprint density at radius 1 is 1.22 bits per heavy atom. The van der Waals surface area contributed by atoms with Crippen LogP contribution in [0.25, 0.3) is 11.0 Å². The van der Waals surface area contributed by atoms with Crippen LogP contribution in [-0.4, -0.2) is 27.1 Å². The summed E-state index contributed by atoms with van der Waals surface area (Å²) in [6.45, 7) is 8.00. The van der Waals surface area contributed by atoms with Crippen molar-refractivity contribution in [3.63, 3.8) is 0 Å². The third-order valence-electron chi connectivity index (χ3n) is 1.61. The number of aliphatic hydroxyl groups excluding tert-OH is 1. The molecule has 0 amide bonds. The van der Waals surface area contributed by atoms with Crippen molar-refractivity contribution < 1.29 is 10.0 Å². The lowest BCUT2D eigenvalue weighted by molar-refractivity contribution is -0.384. The van der Waals surface area contributed by atoms with E-state index in [1.54, 1.807) is 6.07 Å². The topological polar surface area (TPSA) is 92.0 Å². The second-order valence-electron chi connectivity index (χ2n) is 2.36. The number of nitro groups is 1. The minimum atomic E-state index is -0.430. The molecule has 0 atom stereocenters. The van der Waals surface area contributed by atoms with E-state index in [4.69, 9.17) is 5.11 Å². The average Bonchev–Trinajstić information content (AvgIpc) is 2.92. The van der Waals surface area contributed by atoms with Gasteiger partial charge in [0.1, 0.15) is 0 Å². The third-order valence-corrected chi connectivity index (χ3v) is 1.61. The summed E-state index contributed by atoms with van der Waals surface area (Å²) in [5, 5.41) is 17.3. The summed E-state index contributed by atoms with van der Waals surface area (Å²) in [7, 11) is 1.00. The number of aliphatic hydroxyl groups is 1. The number of aromatic amines is 1. The SMILES string of the molecule is CC.CC.CO.O=[N+]([O-])c1ccc2nc[nH]c2c1. The maximum atomic E-state index is 10.3. The first-order valence-electron chi connectivity index (χ1n) is 5.79. The van der Waals surface area contributed by atoms with Gasteiger partial charge in [-0.15, -0.1) is 0 Å². The van der Waals surface area contributed by atoms with Crippen LogP contribution in [0.5, 0.6) is 0 Å². The summed E-state index contributed by atoms with van der Waals surface area (Å²) < 4.78 is 0. The number of hydrogen-bond acceptors (Lipinski definition) is 4. The number of aromatic nitrogens is 2. The fourth-order valence-corrected chi connectivity index (χ4v) is 1.04. The van der Waals surface area contributed by atoms with Gasteiger partial charge in [0.25, 0.3) is 5.69 Å². The van der Waals surface area contributed by atoms with Crippen molar-refractivity contribution in [2.24, 2.45) is 0 Å². The molecule has 2 aromatic rings. The fourth-order valence-electron chi connectivity index (χ4n) is 1.04. The number of rotatable bonds is 1.